The van der Waals surface area contributed by atoms with Crippen molar-refractivity contribution < 1.29 is 4.74 Å². The first kappa shape index (κ1) is 18.9. The Labute approximate surface area is 180 Å². The van der Waals surface area contributed by atoms with Crippen molar-refractivity contribution in [2.45, 2.75) is 23.1 Å². The van der Waals surface area contributed by atoms with Crippen LogP contribution in [0.1, 0.15) is 22.8 Å². The molecule has 4 nitrogen and oxygen atoms in total. The number of aromatic nitrogens is 2. The Morgan fingerprint density at radius 2 is 1.77 bits per heavy atom. The Kier molecular flexibility index (Phi) is 5.28. The lowest BCUT2D eigenvalue weighted by atomic mass is 10.1. The highest BCUT2D eigenvalue weighted by molar-refractivity contribution is 7.99. The summed E-state index contributed by atoms with van der Waals surface area (Å²) in [5.41, 5.74) is 5.68. The SMILES string of the molecule is COc1ccccc1C1CCN(Cc2ccc3nccnc3c2)c2ccccc2S1. The fourth-order valence-corrected chi connectivity index (χ4v) is 5.39. The molecule has 0 bridgehead atoms. The van der Waals surface area contributed by atoms with Gasteiger partial charge in [-0.1, -0.05) is 36.4 Å². The van der Waals surface area contributed by atoms with Gasteiger partial charge in [-0.15, -0.1) is 11.8 Å². The van der Waals surface area contributed by atoms with E-state index in [1.165, 1.54) is 21.7 Å². The van der Waals surface area contributed by atoms with Crippen LogP contribution in [0.25, 0.3) is 11.0 Å². The van der Waals surface area contributed by atoms with Crippen molar-refractivity contribution >= 4 is 28.5 Å². The van der Waals surface area contributed by atoms with Crippen molar-refractivity contribution in [2.75, 3.05) is 18.6 Å². The minimum Gasteiger partial charge on any atom is -0.496 e. The summed E-state index contributed by atoms with van der Waals surface area (Å²) in [4.78, 5) is 12.7. The zero-order valence-corrected chi connectivity index (χ0v) is 17.7. The fourth-order valence-electron chi connectivity index (χ4n) is 4.07. The van der Waals surface area contributed by atoms with Gasteiger partial charge in [0, 0.05) is 41.2 Å². The predicted octanol–water partition coefficient (Wildman–Crippen LogP) is 5.88. The van der Waals surface area contributed by atoms with Crippen LogP contribution in [0.4, 0.5) is 5.69 Å². The highest BCUT2D eigenvalue weighted by Gasteiger charge is 2.25. The van der Waals surface area contributed by atoms with Gasteiger partial charge in [0.25, 0.3) is 0 Å². The van der Waals surface area contributed by atoms with Crippen molar-refractivity contribution in [2.24, 2.45) is 0 Å². The maximum absolute atomic E-state index is 5.65. The summed E-state index contributed by atoms with van der Waals surface area (Å²) < 4.78 is 5.65. The summed E-state index contributed by atoms with van der Waals surface area (Å²) in [5.74, 6) is 0.967. The van der Waals surface area contributed by atoms with E-state index in [2.05, 4.69) is 75.5 Å². The van der Waals surface area contributed by atoms with Gasteiger partial charge >= 0.3 is 0 Å². The highest BCUT2D eigenvalue weighted by atomic mass is 32.2. The number of rotatable bonds is 4. The molecule has 0 saturated carbocycles. The molecule has 5 rings (SSSR count). The molecule has 30 heavy (non-hydrogen) atoms. The fraction of sp³-hybridized carbons (Fsp3) is 0.200. The van der Waals surface area contributed by atoms with E-state index in [0.29, 0.717) is 5.25 Å². The molecule has 0 N–H and O–H groups in total. The van der Waals surface area contributed by atoms with E-state index in [-0.39, 0.29) is 0 Å². The van der Waals surface area contributed by atoms with Crippen LogP contribution >= 0.6 is 11.8 Å². The molecule has 0 amide bonds. The van der Waals surface area contributed by atoms with Gasteiger partial charge in [0.05, 0.1) is 23.8 Å². The lowest BCUT2D eigenvalue weighted by Gasteiger charge is -2.25. The number of benzene rings is 3. The first-order chi connectivity index (χ1) is 14.8. The van der Waals surface area contributed by atoms with Gasteiger partial charge in [-0.2, -0.15) is 0 Å². The van der Waals surface area contributed by atoms with E-state index < -0.39 is 0 Å². The number of fused-ring (bicyclic) bond motifs is 2. The Balaban J connectivity index is 1.46. The standard InChI is InChI=1S/C25H23N3OS/c1-29-23-8-4-2-6-19(23)24-12-15-28(22-7-3-5-9-25(22)30-24)17-18-10-11-20-21(16-18)27-14-13-26-20/h2-11,13-14,16,24H,12,15,17H2,1H3. The Hall–Kier alpha value is -3.05. The monoisotopic (exact) mass is 413 g/mol. The first-order valence-electron chi connectivity index (χ1n) is 10.1. The van der Waals surface area contributed by atoms with Gasteiger partial charge in [0.1, 0.15) is 5.75 Å². The zero-order chi connectivity index (χ0) is 20.3. The van der Waals surface area contributed by atoms with Gasteiger partial charge in [-0.25, -0.2) is 0 Å². The zero-order valence-electron chi connectivity index (χ0n) is 16.9. The number of nitrogens with zero attached hydrogens (tertiary/aromatic N) is 3. The molecule has 2 heterocycles. The van der Waals surface area contributed by atoms with Gasteiger partial charge in [-0.05, 0) is 42.3 Å². The molecule has 1 aliphatic heterocycles. The normalized spacial score (nSPS) is 16.2. The number of anilines is 1. The average Bonchev–Trinajstić information content (AvgIpc) is 2.98. The molecule has 0 saturated heterocycles. The molecule has 1 aromatic heterocycles. The topological polar surface area (TPSA) is 38.2 Å². The van der Waals surface area contributed by atoms with E-state index in [9.17, 15) is 0 Å². The van der Waals surface area contributed by atoms with E-state index in [4.69, 9.17) is 4.74 Å². The summed E-state index contributed by atoms with van der Waals surface area (Å²) in [6, 6.07) is 23.5. The average molecular weight is 414 g/mol. The van der Waals surface area contributed by atoms with Gasteiger partial charge in [-0.3, -0.25) is 9.97 Å². The number of ether oxygens (including phenoxy) is 1. The second-order valence-electron chi connectivity index (χ2n) is 7.41. The summed E-state index contributed by atoms with van der Waals surface area (Å²) in [6.07, 6.45) is 4.54. The minimum atomic E-state index is 0.356. The van der Waals surface area contributed by atoms with Crippen molar-refractivity contribution in [1.82, 2.24) is 9.97 Å². The number of methoxy groups -OCH3 is 1. The largest absolute Gasteiger partial charge is 0.496 e. The van der Waals surface area contributed by atoms with Crippen LogP contribution in [0.3, 0.4) is 0 Å². The molecule has 1 atom stereocenters. The molecule has 3 aromatic carbocycles. The Morgan fingerprint density at radius 3 is 2.67 bits per heavy atom. The predicted molar refractivity (Wildman–Crippen MR) is 123 cm³/mol. The molecule has 0 radical (unpaired) electrons. The quantitative estimate of drug-likeness (QED) is 0.418. The minimum absolute atomic E-state index is 0.356. The lowest BCUT2D eigenvalue weighted by Crippen LogP contribution is -2.24. The Bertz CT molecular complexity index is 1180. The Morgan fingerprint density at radius 1 is 0.967 bits per heavy atom. The number of thioether (sulfide) groups is 1. The van der Waals surface area contributed by atoms with Crippen molar-refractivity contribution in [3.05, 3.63) is 90.3 Å². The first-order valence-corrected chi connectivity index (χ1v) is 11.0. The van der Waals surface area contributed by atoms with Crippen LogP contribution in [0.5, 0.6) is 5.75 Å². The van der Waals surface area contributed by atoms with Crippen LogP contribution in [0, 0.1) is 0 Å². The van der Waals surface area contributed by atoms with Crippen molar-refractivity contribution in [1.29, 1.82) is 0 Å². The molecule has 0 fully saturated rings. The van der Waals surface area contributed by atoms with Gasteiger partial charge in [0.2, 0.25) is 0 Å². The molecule has 5 heteroatoms. The molecular formula is C25H23N3OS. The number of hydrogen-bond donors (Lipinski definition) is 0. The summed E-state index contributed by atoms with van der Waals surface area (Å²) in [6.45, 7) is 1.83. The van der Waals surface area contributed by atoms with Crippen LogP contribution in [-0.4, -0.2) is 23.6 Å². The molecule has 0 spiro atoms. The number of para-hydroxylation sites is 2. The van der Waals surface area contributed by atoms with Crippen LogP contribution in [0.15, 0.2) is 84.0 Å². The summed E-state index contributed by atoms with van der Waals surface area (Å²) >= 11 is 1.93. The summed E-state index contributed by atoms with van der Waals surface area (Å²) in [5, 5.41) is 0.356. The smallest absolute Gasteiger partial charge is 0.123 e. The van der Waals surface area contributed by atoms with Crippen molar-refractivity contribution in [3.8, 4) is 5.75 Å². The maximum Gasteiger partial charge on any atom is 0.123 e. The second kappa shape index (κ2) is 8.36. The highest BCUT2D eigenvalue weighted by Crippen LogP contribution is 2.47. The maximum atomic E-state index is 5.65. The van der Waals surface area contributed by atoms with E-state index in [0.717, 1.165) is 36.3 Å². The molecular weight excluding hydrogens is 390 g/mol. The van der Waals surface area contributed by atoms with E-state index in [1.807, 2.05) is 17.8 Å². The van der Waals surface area contributed by atoms with Gasteiger partial charge < -0.3 is 9.64 Å². The molecule has 1 aliphatic rings. The van der Waals surface area contributed by atoms with Crippen LogP contribution in [-0.2, 0) is 6.54 Å². The van der Waals surface area contributed by atoms with Crippen LogP contribution in [0.2, 0.25) is 0 Å². The van der Waals surface area contributed by atoms with Gasteiger partial charge in [0.15, 0.2) is 0 Å². The third-order valence-electron chi connectivity index (χ3n) is 5.53. The third kappa shape index (κ3) is 3.73. The lowest BCUT2D eigenvalue weighted by molar-refractivity contribution is 0.409. The number of hydrogen-bond acceptors (Lipinski definition) is 5. The molecule has 1 unspecified atom stereocenters. The van der Waals surface area contributed by atoms with Crippen molar-refractivity contribution in [3.63, 3.8) is 0 Å². The second-order valence-corrected chi connectivity index (χ2v) is 8.65. The van der Waals surface area contributed by atoms with E-state index in [1.54, 1.807) is 19.5 Å². The molecule has 150 valence electrons. The summed E-state index contributed by atoms with van der Waals surface area (Å²) in [7, 11) is 1.75. The molecule has 4 aromatic rings. The third-order valence-corrected chi connectivity index (χ3v) is 6.90. The van der Waals surface area contributed by atoms with Crippen LogP contribution < -0.4 is 9.64 Å². The van der Waals surface area contributed by atoms with E-state index >= 15 is 0 Å². The molecule has 0 aliphatic carbocycles.